The fraction of sp³-hybridized carbons (Fsp3) is 0.500. The number of benzene rings is 1. The highest BCUT2D eigenvalue weighted by Gasteiger charge is 2.04. The Bertz CT molecular complexity index is 393. The number of nitrogens with one attached hydrogen (secondary N) is 1. The van der Waals surface area contributed by atoms with Gasteiger partial charge in [0.15, 0.2) is 0 Å². The van der Waals surface area contributed by atoms with Crippen LogP contribution in [0.15, 0.2) is 23.1 Å². The van der Waals surface area contributed by atoms with E-state index >= 15 is 0 Å². The highest BCUT2D eigenvalue weighted by molar-refractivity contribution is 8.00. The number of esters is 1. The summed E-state index contributed by atoms with van der Waals surface area (Å²) < 4.78 is 4.62. The van der Waals surface area contributed by atoms with E-state index in [4.69, 9.17) is 0 Å². The zero-order valence-corrected chi connectivity index (χ0v) is 12.1. The van der Waals surface area contributed by atoms with Crippen LogP contribution in [0.3, 0.4) is 0 Å². The van der Waals surface area contributed by atoms with Gasteiger partial charge in [-0.25, -0.2) is 0 Å². The lowest BCUT2D eigenvalue weighted by molar-refractivity contribution is -0.137. The van der Waals surface area contributed by atoms with Crippen molar-refractivity contribution in [2.75, 3.05) is 19.4 Å². The summed E-state index contributed by atoms with van der Waals surface area (Å²) in [5, 5.41) is 3.39. The molecule has 0 unspecified atom stereocenters. The van der Waals surface area contributed by atoms with Crippen LogP contribution in [0.5, 0.6) is 0 Å². The van der Waals surface area contributed by atoms with Gasteiger partial charge in [0.2, 0.25) is 0 Å². The molecule has 0 amide bonds. The predicted octanol–water partition coefficient (Wildman–Crippen LogP) is 2.76. The highest BCUT2D eigenvalue weighted by Crippen LogP contribution is 2.21. The molecule has 0 saturated carbocycles. The molecule has 0 bridgehead atoms. The molecular formula is C14H21NO2S. The number of carbonyl (C=O) groups is 1. The number of aryl methyl sites for hydroxylation is 1. The second-order valence-electron chi connectivity index (χ2n) is 4.13. The molecule has 0 aromatic heterocycles. The Morgan fingerprint density at radius 2 is 2.22 bits per heavy atom. The minimum Gasteiger partial charge on any atom is -0.468 e. The summed E-state index contributed by atoms with van der Waals surface area (Å²) in [5.41, 5.74) is 2.57. The van der Waals surface area contributed by atoms with Gasteiger partial charge in [-0.15, -0.1) is 11.8 Å². The summed E-state index contributed by atoms with van der Waals surface area (Å²) in [5.74, 6) is 0.176. The van der Waals surface area contributed by atoms with Gasteiger partial charge >= 0.3 is 5.97 Å². The number of carbonyl (C=O) groups excluding carboxylic acids is 1. The molecule has 0 aliphatic carbocycles. The van der Waals surface area contributed by atoms with Crippen LogP contribution in [-0.2, 0) is 16.1 Å². The second kappa shape index (κ2) is 8.16. The lowest BCUT2D eigenvalue weighted by Crippen LogP contribution is -2.14. The van der Waals surface area contributed by atoms with Crippen molar-refractivity contribution in [2.24, 2.45) is 0 Å². The third-order valence-electron chi connectivity index (χ3n) is 2.64. The topological polar surface area (TPSA) is 38.3 Å². The fourth-order valence-electron chi connectivity index (χ4n) is 1.56. The summed E-state index contributed by atoms with van der Waals surface area (Å²) >= 11 is 1.51. The maximum atomic E-state index is 11.1. The van der Waals surface area contributed by atoms with E-state index in [0.717, 1.165) is 24.4 Å². The summed E-state index contributed by atoms with van der Waals surface area (Å²) in [7, 11) is 1.41. The lowest BCUT2D eigenvalue weighted by Gasteiger charge is -2.09. The van der Waals surface area contributed by atoms with Crippen LogP contribution in [0.2, 0.25) is 0 Å². The average Bonchev–Trinajstić information content (AvgIpc) is 2.38. The van der Waals surface area contributed by atoms with Crippen LogP contribution in [-0.4, -0.2) is 25.4 Å². The number of hydrogen-bond donors (Lipinski definition) is 1. The SMILES string of the molecule is CCCNCc1ccc(SCC(=O)OC)cc1C. The normalized spacial score (nSPS) is 10.4. The third kappa shape index (κ3) is 5.10. The van der Waals surface area contributed by atoms with E-state index in [0.29, 0.717) is 5.75 Å². The first kappa shape index (κ1) is 15.1. The molecule has 0 aliphatic heterocycles. The van der Waals surface area contributed by atoms with Crippen LogP contribution in [0.4, 0.5) is 0 Å². The van der Waals surface area contributed by atoms with Gasteiger partial charge in [-0.1, -0.05) is 13.0 Å². The van der Waals surface area contributed by atoms with Crippen molar-refractivity contribution in [2.45, 2.75) is 31.7 Å². The summed E-state index contributed by atoms with van der Waals surface area (Å²) in [6, 6.07) is 6.30. The van der Waals surface area contributed by atoms with Gasteiger partial charge in [0.25, 0.3) is 0 Å². The van der Waals surface area contributed by atoms with Crippen molar-refractivity contribution in [1.29, 1.82) is 0 Å². The molecule has 18 heavy (non-hydrogen) atoms. The molecular weight excluding hydrogens is 246 g/mol. The summed E-state index contributed by atoms with van der Waals surface area (Å²) in [6.45, 7) is 6.21. The van der Waals surface area contributed by atoms with Crippen LogP contribution in [0, 0.1) is 6.92 Å². The van der Waals surface area contributed by atoms with Crippen LogP contribution in [0.1, 0.15) is 24.5 Å². The van der Waals surface area contributed by atoms with Gasteiger partial charge in [-0.05, 0) is 43.1 Å². The van der Waals surface area contributed by atoms with Gasteiger partial charge in [-0.2, -0.15) is 0 Å². The van der Waals surface area contributed by atoms with Crippen LogP contribution < -0.4 is 5.32 Å². The van der Waals surface area contributed by atoms with E-state index < -0.39 is 0 Å². The lowest BCUT2D eigenvalue weighted by atomic mass is 10.1. The van der Waals surface area contributed by atoms with E-state index in [1.54, 1.807) is 0 Å². The molecule has 1 aromatic rings. The number of thioether (sulfide) groups is 1. The van der Waals surface area contributed by atoms with E-state index in [1.807, 2.05) is 0 Å². The Hall–Kier alpha value is -1.00. The minimum atomic E-state index is -0.189. The monoisotopic (exact) mass is 267 g/mol. The minimum absolute atomic E-state index is 0.189. The molecule has 100 valence electrons. The molecule has 1 aromatic carbocycles. The van der Waals surface area contributed by atoms with E-state index in [2.05, 4.69) is 42.1 Å². The van der Waals surface area contributed by atoms with E-state index in [1.165, 1.54) is 30.0 Å². The first-order valence-corrected chi connectivity index (χ1v) is 7.15. The third-order valence-corrected chi connectivity index (χ3v) is 3.61. The van der Waals surface area contributed by atoms with Gasteiger partial charge in [0.1, 0.15) is 0 Å². The maximum Gasteiger partial charge on any atom is 0.315 e. The van der Waals surface area contributed by atoms with E-state index in [-0.39, 0.29) is 5.97 Å². The van der Waals surface area contributed by atoms with Crippen LogP contribution >= 0.6 is 11.8 Å². The smallest absolute Gasteiger partial charge is 0.315 e. The van der Waals surface area contributed by atoms with Gasteiger partial charge < -0.3 is 10.1 Å². The summed E-state index contributed by atoms with van der Waals surface area (Å²) in [6.07, 6.45) is 1.14. The van der Waals surface area contributed by atoms with Gasteiger partial charge in [0, 0.05) is 11.4 Å². The van der Waals surface area contributed by atoms with Crippen molar-refractivity contribution < 1.29 is 9.53 Å². The zero-order chi connectivity index (χ0) is 13.4. The molecule has 1 N–H and O–H groups in total. The molecule has 4 heteroatoms. The maximum absolute atomic E-state index is 11.1. The Labute approximate surface area is 113 Å². The Balaban J connectivity index is 2.53. The van der Waals surface area contributed by atoms with Crippen molar-refractivity contribution in [3.63, 3.8) is 0 Å². The van der Waals surface area contributed by atoms with Crippen molar-refractivity contribution >= 4 is 17.7 Å². The molecule has 0 heterocycles. The van der Waals surface area contributed by atoms with Crippen molar-refractivity contribution in [3.05, 3.63) is 29.3 Å². The molecule has 0 fully saturated rings. The summed E-state index contributed by atoms with van der Waals surface area (Å²) in [4.78, 5) is 12.2. The molecule has 0 radical (unpaired) electrons. The van der Waals surface area contributed by atoms with Crippen molar-refractivity contribution in [3.8, 4) is 0 Å². The van der Waals surface area contributed by atoms with E-state index in [9.17, 15) is 4.79 Å². The first-order chi connectivity index (χ1) is 8.67. The number of methoxy groups -OCH3 is 1. The predicted molar refractivity (Wildman–Crippen MR) is 75.9 cm³/mol. The number of ether oxygens (including phenoxy) is 1. The molecule has 0 saturated heterocycles. The zero-order valence-electron chi connectivity index (χ0n) is 11.3. The Morgan fingerprint density at radius 3 is 2.83 bits per heavy atom. The molecule has 1 rings (SSSR count). The van der Waals surface area contributed by atoms with Gasteiger partial charge in [0.05, 0.1) is 12.9 Å². The molecule has 0 aliphatic rings. The van der Waals surface area contributed by atoms with Gasteiger partial charge in [-0.3, -0.25) is 4.79 Å². The Kier molecular flexibility index (Phi) is 6.83. The van der Waals surface area contributed by atoms with Crippen LogP contribution in [0.25, 0.3) is 0 Å². The highest BCUT2D eigenvalue weighted by atomic mass is 32.2. The molecule has 3 nitrogen and oxygen atoms in total. The standard InChI is InChI=1S/C14H21NO2S/c1-4-7-15-9-12-5-6-13(8-11(12)2)18-10-14(16)17-3/h5-6,8,15H,4,7,9-10H2,1-3H3. The largest absolute Gasteiger partial charge is 0.468 e. The number of rotatable bonds is 7. The molecule has 0 spiro atoms. The van der Waals surface area contributed by atoms with Crippen molar-refractivity contribution in [1.82, 2.24) is 5.32 Å². The fourth-order valence-corrected chi connectivity index (χ4v) is 2.38. The second-order valence-corrected chi connectivity index (χ2v) is 5.18. The average molecular weight is 267 g/mol. The first-order valence-electron chi connectivity index (χ1n) is 6.17. The molecule has 0 atom stereocenters. The number of hydrogen-bond acceptors (Lipinski definition) is 4. The quantitative estimate of drug-likeness (QED) is 0.468. The Morgan fingerprint density at radius 1 is 1.44 bits per heavy atom.